The van der Waals surface area contributed by atoms with Crippen molar-refractivity contribution < 1.29 is 53.5 Å². The highest BCUT2D eigenvalue weighted by Crippen LogP contribution is 1.82. The fourth-order valence-electron chi connectivity index (χ4n) is 0.726. The van der Waals surface area contributed by atoms with Crippen LogP contribution in [0.2, 0.25) is 0 Å². The van der Waals surface area contributed by atoms with Crippen LogP contribution in [0.5, 0.6) is 0 Å². The molecule has 0 aromatic carbocycles. The summed E-state index contributed by atoms with van der Waals surface area (Å²) >= 11 is 0. The second-order valence-electron chi connectivity index (χ2n) is 1.96. The Labute approximate surface area is 94.4 Å². The van der Waals surface area contributed by atoms with Crippen LogP contribution in [0.3, 0.4) is 0 Å². The van der Waals surface area contributed by atoms with Crippen molar-refractivity contribution >= 4 is 0 Å². The minimum atomic E-state index is 0. The summed E-state index contributed by atoms with van der Waals surface area (Å²) in [5.41, 5.74) is 7.32. The van der Waals surface area contributed by atoms with E-state index in [0.29, 0.717) is 13.1 Å². The number of hydrogen-bond acceptors (Lipinski definition) is 2. The number of halogens is 3. The van der Waals surface area contributed by atoms with E-state index in [1.807, 2.05) is 0 Å². The van der Waals surface area contributed by atoms with E-state index in [1.165, 1.54) is 4.79 Å². The molecule has 0 aliphatic carbocycles. The smallest absolute Gasteiger partial charge is 0.398 e. The number of quaternary nitrogens is 2. The zero-order valence-electron chi connectivity index (χ0n) is 6.93. The van der Waals surface area contributed by atoms with Crippen molar-refractivity contribution in [3.63, 3.8) is 0 Å². The summed E-state index contributed by atoms with van der Waals surface area (Å²) < 4.78 is 0. The molecule has 0 aliphatic rings. The average Bonchev–Trinajstić information content (AvgIpc) is 2.30. The van der Waals surface area contributed by atoms with Crippen LogP contribution in [-0.4, -0.2) is 10.1 Å². The van der Waals surface area contributed by atoms with E-state index in [0.717, 1.165) is 11.6 Å². The van der Waals surface area contributed by atoms with Gasteiger partial charge < -0.3 is 48.7 Å². The molecule has 1 rings (SSSR count). The lowest BCUT2D eigenvalue weighted by atomic mass is 10.6. The topological polar surface area (TPSA) is 114 Å². The van der Waals surface area contributed by atoms with Crippen LogP contribution in [-0.2, 0) is 13.1 Å². The van der Waals surface area contributed by atoms with Crippen LogP contribution in [0.25, 0.3) is 0 Å². The number of H-pyrrole nitrogens is 1. The molecule has 0 atom stereocenters. The minimum absolute atomic E-state index is 0. The maximum absolute atomic E-state index is 5.46. The molecule has 0 amide bonds. The predicted molar refractivity (Wildman–Crippen MR) is 32.1 cm³/mol. The molecule has 0 saturated carbocycles. The van der Waals surface area contributed by atoms with Gasteiger partial charge in [-0.25, -0.2) is 5.84 Å². The molecule has 1 aromatic heterocycles. The third-order valence-corrected chi connectivity index (χ3v) is 1.25. The molecule has 13 heavy (non-hydrogen) atoms. The standard InChI is InChI=1S/C4H10N6.3ClH/c5-1-3-8-4(2-6)10(7)9-3;;;/h1-2,5-7H2;3*1H. The fraction of sp³-hybridized carbons (Fsp3) is 0.500. The van der Waals surface area contributed by atoms with Gasteiger partial charge in [-0.15, -0.1) is 0 Å². The number of aromatic amines is 1. The summed E-state index contributed by atoms with van der Waals surface area (Å²) in [6.45, 7) is 1.21. The lowest BCUT2D eigenvalue weighted by Gasteiger charge is -1.79. The van der Waals surface area contributed by atoms with E-state index in [4.69, 9.17) is 5.84 Å². The first kappa shape index (κ1) is 18.5. The second kappa shape index (κ2) is 8.33. The summed E-state index contributed by atoms with van der Waals surface area (Å²) in [6, 6.07) is 0. The van der Waals surface area contributed by atoms with Crippen LogP contribution < -0.4 is 59.3 Å². The van der Waals surface area contributed by atoms with Gasteiger partial charge in [0.15, 0.2) is 13.1 Å². The predicted octanol–water partition coefficient (Wildman–Crippen LogP) is -13.1. The molecule has 0 bridgehead atoms. The molecule has 0 fully saturated rings. The number of nitrogens with zero attached hydrogens (tertiary/aromatic N) is 2. The van der Waals surface area contributed by atoms with Gasteiger partial charge in [0.1, 0.15) is 0 Å². The first-order valence-electron chi connectivity index (χ1n) is 3.11. The molecule has 0 radical (unpaired) electrons. The highest BCUT2D eigenvalue weighted by molar-refractivity contribution is 4.79. The van der Waals surface area contributed by atoms with Gasteiger partial charge in [0.25, 0.3) is 0 Å². The number of nitrogens with one attached hydrogen (secondary N) is 1. The Morgan fingerprint density at radius 1 is 1.23 bits per heavy atom. The van der Waals surface area contributed by atoms with Crippen molar-refractivity contribution in [2.45, 2.75) is 13.1 Å². The Kier molecular flexibility index (Phi) is 11.9. The molecular formula is C4H13Cl3N6. The quantitative estimate of drug-likeness (QED) is 0.309. The van der Waals surface area contributed by atoms with Crippen molar-refractivity contribution in [2.75, 3.05) is 5.84 Å². The van der Waals surface area contributed by atoms with Gasteiger partial charge in [0.2, 0.25) is 0 Å². The zero-order chi connectivity index (χ0) is 7.56. The number of rotatable bonds is 2. The highest BCUT2D eigenvalue weighted by Gasteiger charge is 2.16. The van der Waals surface area contributed by atoms with E-state index >= 15 is 0 Å². The van der Waals surface area contributed by atoms with Crippen LogP contribution in [0, 0.1) is 0 Å². The Balaban J connectivity index is -0.000000333. The van der Waals surface area contributed by atoms with Crippen molar-refractivity contribution in [1.82, 2.24) is 10.1 Å². The van der Waals surface area contributed by atoms with Crippen molar-refractivity contribution in [1.29, 1.82) is 0 Å². The van der Waals surface area contributed by atoms with E-state index < -0.39 is 0 Å². The van der Waals surface area contributed by atoms with E-state index in [9.17, 15) is 0 Å². The van der Waals surface area contributed by atoms with Gasteiger partial charge in [-0.2, -0.15) is 5.10 Å². The first-order valence-corrected chi connectivity index (χ1v) is 3.11. The van der Waals surface area contributed by atoms with Crippen LogP contribution in [0.4, 0.5) is 0 Å². The molecule has 1 heterocycles. The maximum atomic E-state index is 5.46. The van der Waals surface area contributed by atoms with Crippen molar-refractivity contribution in [2.24, 2.45) is 0 Å². The van der Waals surface area contributed by atoms with Crippen molar-refractivity contribution in [3.8, 4) is 0 Å². The number of nitrogen functional groups attached to an aromatic ring is 1. The normalized spacial score (nSPS) is 7.85. The number of nitrogens with two attached hydrogens (primary N) is 1. The Morgan fingerprint density at radius 2 is 1.77 bits per heavy atom. The molecular weight excluding hydrogens is 238 g/mol. The third kappa shape index (κ3) is 4.49. The molecule has 0 saturated heterocycles. The zero-order valence-corrected chi connectivity index (χ0v) is 9.20. The van der Waals surface area contributed by atoms with Crippen LogP contribution >= 0.6 is 0 Å². The summed E-state index contributed by atoms with van der Waals surface area (Å²) in [5.74, 6) is 7.00. The van der Waals surface area contributed by atoms with Crippen LogP contribution in [0.1, 0.15) is 11.6 Å². The monoisotopic (exact) mass is 250 g/mol. The van der Waals surface area contributed by atoms with Gasteiger partial charge in [-0.3, -0.25) is 0 Å². The second-order valence-corrected chi connectivity index (χ2v) is 1.96. The first-order chi connectivity index (χ1) is 4.77. The van der Waals surface area contributed by atoms with Crippen molar-refractivity contribution in [3.05, 3.63) is 11.6 Å². The highest BCUT2D eigenvalue weighted by atomic mass is 35.5. The fourth-order valence-corrected chi connectivity index (χ4v) is 0.726. The molecule has 9 heteroatoms. The lowest BCUT2D eigenvalue weighted by Crippen LogP contribution is -3.00. The maximum Gasteiger partial charge on any atom is 0.398 e. The molecule has 0 unspecified atom stereocenters. The summed E-state index contributed by atoms with van der Waals surface area (Å²) in [4.78, 5) is 5.47. The summed E-state index contributed by atoms with van der Waals surface area (Å²) in [5, 5.41) is 2.83. The largest absolute Gasteiger partial charge is 1.00 e. The Hall–Kier alpha value is -0.270. The van der Waals surface area contributed by atoms with Gasteiger partial charge in [-0.05, 0) is 9.77 Å². The SMILES string of the molecule is N[n+]1[nH]c(C[NH3+])nc1C[NH3+].[Cl-].[Cl-].[Cl-]. The molecule has 0 aliphatic heterocycles. The Morgan fingerprint density at radius 3 is 2.00 bits per heavy atom. The molecule has 6 nitrogen and oxygen atoms in total. The van der Waals surface area contributed by atoms with Crippen LogP contribution in [0.15, 0.2) is 0 Å². The van der Waals surface area contributed by atoms with E-state index in [-0.39, 0.29) is 37.2 Å². The Bertz CT molecular complexity index is 226. The summed E-state index contributed by atoms with van der Waals surface area (Å²) in [6.07, 6.45) is 0. The molecule has 9 N–H and O–H groups in total. The van der Waals surface area contributed by atoms with E-state index in [1.54, 1.807) is 0 Å². The number of hydrogen-bond donors (Lipinski definition) is 4. The molecule has 1 aromatic rings. The van der Waals surface area contributed by atoms with Gasteiger partial charge in [0.05, 0.1) is 0 Å². The van der Waals surface area contributed by atoms with E-state index in [2.05, 4.69) is 21.5 Å². The summed E-state index contributed by atoms with van der Waals surface area (Å²) in [7, 11) is 0. The average molecular weight is 252 g/mol. The lowest BCUT2D eigenvalue weighted by molar-refractivity contribution is -0.714. The minimum Gasteiger partial charge on any atom is -1.00 e. The van der Waals surface area contributed by atoms with Gasteiger partial charge >= 0.3 is 11.6 Å². The third-order valence-electron chi connectivity index (χ3n) is 1.25. The van der Waals surface area contributed by atoms with Gasteiger partial charge in [-0.1, -0.05) is 0 Å². The molecule has 0 spiro atoms. The van der Waals surface area contributed by atoms with Gasteiger partial charge in [0, 0.05) is 0 Å². The molecule has 80 valence electrons. The number of aromatic nitrogens is 3.